The Bertz CT molecular complexity index is 532. The van der Waals surface area contributed by atoms with Gasteiger partial charge in [0.05, 0.1) is 16.3 Å². The third-order valence-electron chi connectivity index (χ3n) is 4.08. The summed E-state index contributed by atoms with van der Waals surface area (Å²) in [6.45, 7) is 2.19. The molecule has 2 nitrogen and oxygen atoms in total. The predicted octanol–water partition coefficient (Wildman–Crippen LogP) is 7.22. The van der Waals surface area contributed by atoms with E-state index >= 15 is 0 Å². The largest absolute Gasteiger partial charge is 0.416 e. The lowest BCUT2D eigenvalue weighted by Crippen LogP contribution is -2.13. The van der Waals surface area contributed by atoms with Gasteiger partial charge in [0.1, 0.15) is 0 Å². The van der Waals surface area contributed by atoms with Gasteiger partial charge in [-0.25, -0.2) is 0 Å². The summed E-state index contributed by atoms with van der Waals surface area (Å²) in [5.74, 6) is -0.302. The van der Waals surface area contributed by atoms with E-state index in [9.17, 15) is 18.0 Å². The number of nitrogens with one attached hydrogen (secondary N) is 1. The molecule has 0 saturated heterocycles. The first kappa shape index (κ1) is 21.8. The van der Waals surface area contributed by atoms with Crippen LogP contribution in [0.15, 0.2) is 18.2 Å². The highest BCUT2D eigenvalue weighted by atomic mass is 35.5. The average Bonchev–Trinajstić information content (AvgIpc) is 2.54. The molecule has 1 aromatic rings. The highest BCUT2D eigenvalue weighted by Gasteiger charge is 2.31. The number of rotatable bonds is 11. The average molecular weight is 378 g/mol. The normalized spacial score (nSPS) is 11.6. The van der Waals surface area contributed by atoms with Gasteiger partial charge in [0.2, 0.25) is 5.91 Å². The van der Waals surface area contributed by atoms with Gasteiger partial charge in [0.15, 0.2) is 0 Å². The monoisotopic (exact) mass is 377 g/mol. The summed E-state index contributed by atoms with van der Waals surface area (Å²) in [7, 11) is 0. The fraction of sp³-hybridized carbons (Fsp3) is 0.632. The van der Waals surface area contributed by atoms with E-state index in [0.717, 1.165) is 37.5 Å². The minimum absolute atomic E-state index is 0.0115. The van der Waals surface area contributed by atoms with E-state index in [0.29, 0.717) is 6.42 Å². The highest BCUT2D eigenvalue weighted by Crippen LogP contribution is 2.33. The van der Waals surface area contributed by atoms with Crippen molar-refractivity contribution in [2.24, 2.45) is 0 Å². The molecule has 25 heavy (non-hydrogen) atoms. The molecule has 6 heteroatoms. The van der Waals surface area contributed by atoms with Crippen molar-refractivity contribution in [2.75, 3.05) is 5.32 Å². The molecule has 1 amide bonds. The maximum atomic E-state index is 12.7. The molecule has 0 aliphatic carbocycles. The fourth-order valence-corrected chi connectivity index (χ4v) is 2.77. The van der Waals surface area contributed by atoms with Crippen molar-refractivity contribution < 1.29 is 18.0 Å². The molecule has 0 spiro atoms. The number of amides is 1. The Labute approximate surface area is 153 Å². The number of carbonyl (C=O) groups is 1. The summed E-state index contributed by atoms with van der Waals surface area (Å²) < 4.78 is 38.1. The Hall–Kier alpha value is -1.23. The lowest BCUT2D eigenvalue weighted by Gasteiger charge is -2.11. The van der Waals surface area contributed by atoms with Crippen molar-refractivity contribution in [3.63, 3.8) is 0 Å². The Morgan fingerprint density at radius 1 is 1.00 bits per heavy atom. The number of anilines is 1. The first-order valence-electron chi connectivity index (χ1n) is 9.01. The Balaban J connectivity index is 2.26. The number of hydrogen-bond donors (Lipinski definition) is 1. The Morgan fingerprint density at radius 2 is 1.56 bits per heavy atom. The first-order valence-corrected chi connectivity index (χ1v) is 9.39. The van der Waals surface area contributed by atoms with Crippen LogP contribution in [0.3, 0.4) is 0 Å². The summed E-state index contributed by atoms with van der Waals surface area (Å²) in [6.07, 6.45) is 6.10. The smallest absolute Gasteiger partial charge is 0.325 e. The van der Waals surface area contributed by atoms with Gasteiger partial charge < -0.3 is 5.32 Å². The minimum Gasteiger partial charge on any atom is -0.325 e. The molecular weight excluding hydrogens is 351 g/mol. The second kappa shape index (κ2) is 11.4. The van der Waals surface area contributed by atoms with Gasteiger partial charge in [-0.3, -0.25) is 4.79 Å². The summed E-state index contributed by atoms with van der Waals surface area (Å²) in [6, 6.07) is 2.92. The molecule has 0 aromatic heterocycles. The van der Waals surface area contributed by atoms with Gasteiger partial charge in [0.25, 0.3) is 0 Å². The van der Waals surface area contributed by atoms with Crippen molar-refractivity contribution in [3.05, 3.63) is 28.8 Å². The SMILES string of the molecule is CCCCCCCCCCCC(=O)Nc1cc(C(F)(F)F)ccc1Cl. The number of halogens is 4. The topological polar surface area (TPSA) is 29.1 Å². The molecule has 1 N–H and O–H groups in total. The first-order chi connectivity index (χ1) is 11.8. The van der Waals surface area contributed by atoms with Crippen LogP contribution in [0.25, 0.3) is 0 Å². The standard InChI is InChI=1S/C19H27ClF3NO/c1-2-3-4-5-6-7-8-9-10-11-18(25)24-17-14-15(19(21,22)23)12-13-16(17)20/h12-14H,2-11H2,1H3,(H,24,25). The molecule has 0 heterocycles. The lowest BCUT2D eigenvalue weighted by atomic mass is 10.1. The van der Waals surface area contributed by atoms with E-state index in [1.54, 1.807) is 0 Å². The van der Waals surface area contributed by atoms with Crippen molar-refractivity contribution >= 4 is 23.2 Å². The van der Waals surface area contributed by atoms with Gasteiger partial charge in [-0.1, -0.05) is 69.9 Å². The molecule has 0 aliphatic heterocycles. The molecule has 1 rings (SSSR count). The number of carbonyl (C=O) groups excluding carboxylic acids is 1. The minimum atomic E-state index is -4.46. The number of alkyl halides is 3. The summed E-state index contributed by atoms with van der Waals surface area (Å²) in [4.78, 5) is 11.9. The number of hydrogen-bond acceptors (Lipinski definition) is 1. The maximum absolute atomic E-state index is 12.7. The zero-order valence-corrected chi connectivity index (χ0v) is 15.5. The van der Waals surface area contributed by atoms with Crippen molar-refractivity contribution in [1.29, 1.82) is 0 Å². The molecule has 0 bridgehead atoms. The molecule has 0 atom stereocenters. The van der Waals surface area contributed by atoms with E-state index in [1.807, 2.05) is 0 Å². The molecule has 142 valence electrons. The lowest BCUT2D eigenvalue weighted by molar-refractivity contribution is -0.137. The van der Waals surface area contributed by atoms with Crippen LogP contribution in [0, 0.1) is 0 Å². The summed E-state index contributed by atoms with van der Waals surface area (Å²) in [5.41, 5.74) is -0.812. The molecular formula is C19H27ClF3NO. The number of unbranched alkanes of at least 4 members (excludes halogenated alkanes) is 8. The zero-order chi connectivity index (χ0) is 18.7. The van der Waals surface area contributed by atoms with Crippen LogP contribution in [-0.4, -0.2) is 5.91 Å². The highest BCUT2D eigenvalue weighted by molar-refractivity contribution is 6.33. The van der Waals surface area contributed by atoms with Crippen molar-refractivity contribution in [2.45, 2.75) is 77.3 Å². The van der Waals surface area contributed by atoms with E-state index in [-0.39, 0.29) is 16.6 Å². The van der Waals surface area contributed by atoms with E-state index in [4.69, 9.17) is 11.6 Å². The third kappa shape index (κ3) is 9.15. The van der Waals surface area contributed by atoms with Gasteiger partial charge in [0, 0.05) is 6.42 Å². The van der Waals surface area contributed by atoms with E-state index in [2.05, 4.69) is 12.2 Å². The number of benzene rings is 1. The van der Waals surface area contributed by atoms with Crippen molar-refractivity contribution in [3.8, 4) is 0 Å². The van der Waals surface area contributed by atoms with Gasteiger partial charge in [-0.15, -0.1) is 0 Å². The fourth-order valence-electron chi connectivity index (χ4n) is 2.61. The van der Waals surface area contributed by atoms with Gasteiger partial charge in [-0.2, -0.15) is 13.2 Å². The third-order valence-corrected chi connectivity index (χ3v) is 4.40. The maximum Gasteiger partial charge on any atom is 0.416 e. The quantitative estimate of drug-likeness (QED) is 0.405. The van der Waals surface area contributed by atoms with Crippen LogP contribution in [0.1, 0.15) is 76.7 Å². The second-order valence-electron chi connectivity index (χ2n) is 6.32. The van der Waals surface area contributed by atoms with Crippen LogP contribution >= 0.6 is 11.6 Å². The molecule has 0 unspecified atom stereocenters. The van der Waals surface area contributed by atoms with Crippen LogP contribution in [-0.2, 0) is 11.0 Å². The van der Waals surface area contributed by atoms with Crippen LogP contribution in [0.2, 0.25) is 5.02 Å². The molecule has 0 fully saturated rings. The van der Waals surface area contributed by atoms with E-state index in [1.165, 1.54) is 38.5 Å². The van der Waals surface area contributed by atoms with Crippen LogP contribution < -0.4 is 5.32 Å². The molecule has 0 saturated carbocycles. The van der Waals surface area contributed by atoms with Gasteiger partial charge in [-0.05, 0) is 24.6 Å². The van der Waals surface area contributed by atoms with E-state index < -0.39 is 11.7 Å². The zero-order valence-electron chi connectivity index (χ0n) is 14.7. The van der Waals surface area contributed by atoms with Gasteiger partial charge >= 0.3 is 6.18 Å². The summed E-state index contributed by atoms with van der Waals surface area (Å²) in [5, 5.41) is 2.58. The Morgan fingerprint density at radius 3 is 2.12 bits per heavy atom. The van der Waals surface area contributed by atoms with Crippen LogP contribution in [0.5, 0.6) is 0 Å². The van der Waals surface area contributed by atoms with Crippen LogP contribution in [0.4, 0.5) is 18.9 Å². The Kier molecular flexibility index (Phi) is 9.94. The van der Waals surface area contributed by atoms with Crippen molar-refractivity contribution in [1.82, 2.24) is 0 Å². The molecule has 1 aromatic carbocycles. The summed E-state index contributed by atoms with van der Waals surface area (Å²) >= 11 is 5.86. The predicted molar refractivity (Wildman–Crippen MR) is 96.9 cm³/mol. The molecule has 0 aliphatic rings. The second-order valence-corrected chi connectivity index (χ2v) is 6.73. The molecule has 0 radical (unpaired) electrons.